The molecular formula is C10H14N2O2S. The zero-order chi connectivity index (χ0) is 10.8. The number of piperidine rings is 1. The second-order valence-corrected chi connectivity index (χ2v) is 4.65. The van der Waals surface area contributed by atoms with E-state index in [4.69, 9.17) is 5.11 Å². The molecule has 1 aliphatic rings. The number of thiazole rings is 1. The average Bonchev–Trinajstić information content (AvgIpc) is 2.65. The predicted molar refractivity (Wildman–Crippen MR) is 59.5 cm³/mol. The molecule has 4 nitrogen and oxygen atoms in total. The van der Waals surface area contributed by atoms with Crippen molar-refractivity contribution in [2.45, 2.75) is 32.2 Å². The van der Waals surface area contributed by atoms with Crippen LogP contribution in [0.4, 0.5) is 5.13 Å². The Morgan fingerprint density at radius 1 is 1.67 bits per heavy atom. The summed E-state index contributed by atoms with van der Waals surface area (Å²) in [6, 6.07) is -0.385. The molecule has 1 fully saturated rings. The average molecular weight is 226 g/mol. The number of aromatic nitrogens is 1. The Balaban J connectivity index is 2.21. The van der Waals surface area contributed by atoms with Gasteiger partial charge in [0.25, 0.3) is 0 Å². The molecule has 0 amide bonds. The van der Waals surface area contributed by atoms with Gasteiger partial charge >= 0.3 is 5.97 Å². The number of carboxylic acid groups (broad SMARTS) is 1. The minimum Gasteiger partial charge on any atom is -0.480 e. The van der Waals surface area contributed by atoms with Crippen molar-refractivity contribution in [2.24, 2.45) is 0 Å². The van der Waals surface area contributed by atoms with Crippen molar-refractivity contribution in [2.75, 3.05) is 11.4 Å². The topological polar surface area (TPSA) is 53.4 Å². The van der Waals surface area contributed by atoms with Crippen molar-refractivity contribution >= 4 is 22.4 Å². The predicted octanol–water partition coefficient (Wildman–Crippen LogP) is 1.90. The van der Waals surface area contributed by atoms with E-state index >= 15 is 0 Å². The number of nitrogens with zero attached hydrogens (tertiary/aromatic N) is 2. The lowest BCUT2D eigenvalue weighted by atomic mass is 10.0. The fraction of sp³-hybridized carbons (Fsp3) is 0.600. The fourth-order valence-electron chi connectivity index (χ4n) is 1.89. The molecule has 0 radical (unpaired) electrons. The van der Waals surface area contributed by atoms with Crippen molar-refractivity contribution in [1.29, 1.82) is 0 Å². The maximum Gasteiger partial charge on any atom is 0.326 e. The van der Waals surface area contributed by atoms with Gasteiger partial charge in [0.1, 0.15) is 6.04 Å². The molecule has 2 heterocycles. The van der Waals surface area contributed by atoms with Gasteiger partial charge in [0.15, 0.2) is 5.13 Å². The standard InChI is InChI=1S/C10H14N2O2S/c1-7-6-15-10(11-7)12-5-3-2-4-8(12)9(13)14/h6,8H,2-5H2,1H3,(H,13,14). The summed E-state index contributed by atoms with van der Waals surface area (Å²) >= 11 is 1.53. The Morgan fingerprint density at radius 3 is 3.07 bits per heavy atom. The van der Waals surface area contributed by atoms with Gasteiger partial charge in [-0.1, -0.05) is 0 Å². The molecule has 82 valence electrons. The van der Waals surface area contributed by atoms with Crippen LogP contribution >= 0.6 is 11.3 Å². The Hall–Kier alpha value is -1.10. The summed E-state index contributed by atoms with van der Waals surface area (Å²) < 4.78 is 0. The first-order valence-electron chi connectivity index (χ1n) is 5.10. The summed E-state index contributed by atoms with van der Waals surface area (Å²) in [5.74, 6) is -0.734. The molecule has 1 aromatic rings. The highest BCUT2D eigenvalue weighted by atomic mass is 32.1. The summed E-state index contributed by atoms with van der Waals surface area (Å²) in [5, 5.41) is 11.9. The van der Waals surface area contributed by atoms with Crippen LogP contribution < -0.4 is 4.90 Å². The maximum absolute atomic E-state index is 11.1. The van der Waals surface area contributed by atoms with E-state index in [1.165, 1.54) is 11.3 Å². The molecule has 1 saturated heterocycles. The lowest BCUT2D eigenvalue weighted by Gasteiger charge is -2.32. The molecular weight excluding hydrogens is 212 g/mol. The van der Waals surface area contributed by atoms with Crippen LogP contribution in [0.25, 0.3) is 0 Å². The van der Waals surface area contributed by atoms with Gasteiger partial charge in [-0.3, -0.25) is 0 Å². The quantitative estimate of drug-likeness (QED) is 0.836. The zero-order valence-electron chi connectivity index (χ0n) is 8.64. The summed E-state index contributed by atoms with van der Waals surface area (Å²) in [5.41, 5.74) is 0.963. The Labute approximate surface area is 92.6 Å². The van der Waals surface area contributed by atoms with Gasteiger partial charge < -0.3 is 10.0 Å². The van der Waals surface area contributed by atoms with E-state index in [0.29, 0.717) is 0 Å². The number of aliphatic carboxylic acids is 1. The van der Waals surface area contributed by atoms with Gasteiger partial charge in [-0.15, -0.1) is 11.3 Å². The van der Waals surface area contributed by atoms with E-state index in [2.05, 4.69) is 4.98 Å². The smallest absolute Gasteiger partial charge is 0.326 e. The molecule has 1 atom stereocenters. The van der Waals surface area contributed by atoms with Crippen LogP contribution in [0, 0.1) is 6.92 Å². The molecule has 1 aliphatic heterocycles. The van der Waals surface area contributed by atoms with Gasteiger partial charge in [-0.25, -0.2) is 9.78 Å². The highest BCUT2D eigenvalue weighted by Gasteiger charge is 2.29. The number of carboxylic acids is 1. The van der Waals surface area contributed by atoms with E-state index in [-0.39, 0.29) is 6.04 Å². The summed E-state index contributed by atoms with van der Waals surface area (Å²) in [6.07, 6.45) is 2.79. The van der Waals surface area contributed by atoms with Crippen molar-refractivity contribution in [3.63, 3.8) is 0 Å². The molecule has 1 unspecified atom stereocenters. The third-order valence-electron chi connectivity index (χ3n) is 2.64. The maximum atomic E-state index is 11.1. The van der Waals surface area contributed by atoms with E-state index in [9.17, 15) is 4.79 Å². The highest BCUT2D eigenvalue weighted by molar-refractivity contribution is 7.13. The second-order valence-electron chi connectivity index (χ2n) is 3.81. The normalized spacial score (nSPS) is 21.7. The largest absolute Gasteiger partial charge is 0.480 e. The minimum atomic E-state index is -0.734. The summed E-state index contributed by atoms with van der Waals surface area (Å²) in [7, 11) is 0. The van der Waals surface area contributed by atoms with Crippen LogP contribution in [0.3, 0.4) is 0 Å². The minimum absolute atomic E-state index is 0.385. The number of hydrogen-bond donors (Lipinski definition) is 1. The number of aryl methyl sites for hydroxylation is 1. The second kappa shape index (κ2) is 4.18. The monoisotopic (exact) mass is 226 g/mol. The van der Waals surface area contributed by atoms with Crippen molar-refractivity contribution in [3.05, 3.63) is 11.1 Å². The Morgan fingerprint density at radius 2 is 2.47 bits per heavy atom. The number of carbonyl (C=O) groups is 1. The fourth-order valence-corrected chi connectivity index (χ4v) is 2.77. The molecule has 2 rings (SSSR count). The van der Waals surface area contributed by atoms with Gasteiger partial charge in [-0.2, -0.15) is 0 Å². The Bertz CT molecular complexity index is 364. The van der Waals surface area contributed by atoms with E-state index in [1.807, 2.05) is 17.2 Å². The van der Waals surface area contributed by atoms with Crippen LogP contribution in [-0.4, -0.2) is 28.6 Å². The molecule has 0 bridgehead atoms. The molecule has 15 heavy (non-hydrogen) atoms. The van der Waals surface area contributed by atoms with E-state index < -0.39 is 5.97 Å². The van der Waals surface area contributed by atoms with Gasteiger partial charge in [-0.05, 0) is 26.2 Å². The number of rotatable bonds is 2. The van der Waals surface area contributed by atoms with E-state index in [1.54, 1.807) is 0 Å². The van der Waals surface area contributed by atoms with Crippen LogP contribution in [0.15, 0.2) is 5.38 Å². The lowest BCUT2D eigenvalue weighted by Crippen LogP contribution is -2.44. The first kappa shape index (κ1) is 10.4. The first-order chi connectivity index (χ1) is 7.18. The number of hydrogen-bond acceptors (Lipinski definition) is 4. The molecule has 1 N–H and O–H groups in total. The van der Waals surface area contributed by atoms with Crippen LogP contribution in [0.1, 0.15) is 25.0 Å². The molecule has 1 aromatic heterocycles. The molecule has 0 saturated carbocycles. The van der Waals surface area contributed by atoms with Crippen molar-refractivity contribution in [3.8, 4) is 0 Å². The third kappa shape index (κ3) is 2.12. The third-order valence-corrected chi connectivity index (χ3v) is 3.64. The van der Waals surface area contributed by atoms with Gasteiger partial charge in [0, 0.05) is 11.9 Å². The summed E-state index contributed by atoms with van der Waals surface area (Å²) in [6.45, 7) is 2.74. The van der Waals surface area contributed by atoms with Crippen molar-refractivity contribution < 1.29 is 9.90 Å². The van der Waals surface area contributed by atoms with Crippen LogP contribution in [-0.2, 0) is 4.79 Å². The summed E-state index contributed by atoms with van der Waals surface area (Å²) in [4.78, 5) is 17.3. The Kier molecular flexibility index (Phi) is 2.90. The molecule has 0 aliphatic carbocycles. The van der Waals surface area contributed by atoms with Crippen LogP contribution in [0.5, 0.6) is 0 Å². The van der Waals surface area contributed by atoms with Crippen molar-refractivity contribution in [1.82, 2.24) is 4.98 Å². The molecule has 5 heteroatoms. The lowest BCUT2D eigenvalue weighted by molar-refractivity contribution is -0.139. The zero-order valence-corrected chi connectivity index (χ0v) is 9.46. The van der Waals surface area contributed by atoms with Gasteiger partial charge in [0.2, 0.25) is 0 Å². The molecule has 0 spiro atoms. The number of anilines is 1. The SMILES string of the molecule is Cc1csc(N2CCCCC2C(=O)O)n1. The highest BCUT2D eigenvalue weighted by Crippen LogP contribution is 2.27. The van der Waals surface area contributed by atoms with Gasteiger partial charge in [0.05, 0.1) is 5.69 Å². The first-order valence-corrected chi connectivity index (χ1v) is 5.98. The van der Waals surface area contributed by atoms with Crippen LogP contribution in [0.2, 0.25) is 0 Å². The van der Waals surface area contributed by atoms with E-state index in [0.717, 1.165) is 36.6 Å². The molecule has 0 aromatic carbocycles.